The first-order valence-corrected chi connectivity index (χ1v) is 4.76. The van der Waals surface area contributed by atoms with Gasteiger partial charge in [0.1, 0.15) is 5.70 Å². The smallest absolute Gasteiger partial charge is 0.157 e. The number of hydrogen-bond acceptors (Lipinski definition) is 2. The largest absolute Gasteiger partial charge is 0.337 e. The fourth-order valence-corrected chi connectivity index (χ4v) is 1.22. The Labute approximate surface area is 89.3 Å². The molecule has 0 spiro atoms. The van der Waals surface area contributed by atoms with E-state index in [0.717, 1.165) is 16.4 Å². The van der Waals surface area contributed by atoms with E-state index in [9.17, 15) is 0 Å². The van der Waals surface area contributed by atoms with Gasteiger partial charge in [-0.3, -0.25) is 4.99 Å². The van der Waals surface area contributed by atoms with E-state index in [0.29, 0.717) is 5.82 Å². The monoisotopic (exact) mass is 201 g/mol. The number of aliphatic imine (C=N–C) groups is 1. The highest BCUT2D eigenvalue weighted by atomic mass is 15.0. The quantitative estimate of drug-likeness (QED) is 0.580. The molecule has 0 fully saturated rings. The van der Waals surface area contributed by atoms with Crippen LogP contribution in [0.1, 0.15) is 19.7 Å². The number of hydrogen-bond donors (Lipinski definition) is 1. The summed E-state index contributed by atoms with van der Waals surface area (Å²) in [7, 11) is 0. The Morgan fingerprint density at radius 3 is 2.67 bits per heavy atom. The molecule has 0 saturated carbocycles. The molecule has 0 aliphatic rings. The van der Waals surface area contributed by atoms with Gasteiger partial charge in [0, 0.05) is 6.21 Å². The van der Waals surface area contributed by atoms with Crippen LogP contribution in [-0.4, -0.2) is 16.2 Å². The van der Waals surface area contributed by atoms with Crippen molar-refractivity contribution in [2.45, 2.75) is 13.8 Å². The zero-order chi connectivity index (χ0) is 11.3. The van der Waals surface area contributed by atoms with Crippen LogP contribution in [-0.2, 0) is 0 Å². The Hall–Kier alpha value is -1.90. The van der Waals surface area contributed by atoms with Crippen LogP contribution in [0.5, 0.6) is 0 Å². The fraction of sp³-hybridized carbons (Fsp3) is 0.167. The molecule has 0 amide bonds. The lowest BCUT2D eigenvalue weighted by atomic mass is 10.4. The van der Waals surface area contributed by atoms with Crippen LogP contribution in [0.25, 0.3) is 18.4 Å². The summed E-state index contributed by atoms with van der Waals surface area (Å²) in [4.78, 5) is 11.6. The molecule has 1 aromatic rings. The minimum Gasteiger partial charge on any atom is -0.337 e. The normalized spacial score (nSPS) is 13.7. The summed E-state index contributed by atoms with van der Waals surface area (Å²) in [5.74, 6) is 0.714. The minimum atomic E-state index is 0.714. The Morgan fingerprint density at radius 2 is 2.20 bits per heavy atom. The fourth-order valence-electron chi connectivity index (χ4n) is 1.22. The van der Waals surface area contributed by atoms with Crippen LogP contribution < -0.4 is 10.7 Å². The van der Waals surface area contributed by atoms with Gasteiger partial charge in [-0.15, -0.1) is 0 Å². The van der Waals surface area contributed by atoms with Crippen LogP contribution >= 0.6 is 0 Å². The Balaban J connectivity index is 3.31. The number of imidazole rings is 1. The predicted octanol–water partition coefficient (Wildman–Crippen LogP) is 1.24. The summed E-state index contributed by atoms with van der Waals surface area (Å²) >= 11 is 0. The summed E-state index contributed by atoms with van der Waals surface area (Å²) in [6.07, 6.45) is 7.11. The maximum atomic E-state index is 4.36. The van der Waals surface area contributed by atoms with Gasteiger partial charge in [0.05, 0.1) is 10.7 Å². The van der Waals surface area contributed by atoms with Gasteiger partial charge >= 0.3 is 0 Å². The van der Waals surface area contributed by atoms with Crippen molar-refractivity contribution in [1.82, 2.24) is 9.97 Å². The van der Waals surface area contributed by atoms with Gasteiger partial charge in [0.25, 0.3) is 0 Å². The lowest BCUT2D eigenvalue weighted by Crippen LogP contribution is -2.21. The second-order valence-corrected chi connectivity index (χ2v) is 2.91. The third-order valence-corrected chi connectivity index (χ3v) is 1.87. The number of nitrogens with zero attached hydrogens (tertiary/aromatic N) is 2. The van der Waals surface area contributed by atoms with Crippen molar-refractivity contribution in [2.75, 3.05) is 0 Å². The number of H-pyrrole nitrogens is 1. The molecule has 0 saturated heterocycles. The molecular weight excluding hydrogens is 186 g/mol. The number of rotatable bonds is 3. The molecule has 1 N–H and O–H groups in total. The number of aromatic nitrogens is 2. The third kappa shape index (κ3) is 2.53. The maximum absolute atomic E-state index is 4.36. The second-order valence-electron chi connectivity index (χ2n) is 2.91. The molecule has 1 rings (SSSR count). The van der Waals surface area contributed by atoms with Crippen molar-refractivity contribution in [3.8, 4) is 0 Å². The average molecular weight is 201 g/mol. The molecule has 1 aromatic heterocycles. The second kappa shape index (κ2) is 5.10. The van der Waals surface area contributed by atoms with Gasteiger partial charge in [0.2, 0.25) is 0 Å². The first-order valence-electron chi connectivity index (χ1n) is 4.76. The van der Waals surface area contributed by atoms with E-state index in [1.165, 1.54) is 0 Å². The molecule has 0 aliphatic heterocycles. The molecule has 3 nitrogen and oxygen atoms in total. The molecule has 0 aromatic carbocycles. The molecule has 0 unspecified atom stereocenters. The van der Waals surface area contributed by atoms with E-state index in [2.05, 4.69) is 28.1 Å². The molecule has 3 heteroatoms. The van der Waals surface area contributed by atoms with Crippen LogP contribution in [0.4, 0.5) is 0 Å². The highest BCUT2D eigenvalue weighted by Crippen LogP contribution is 2.07. The summed E-state index contributed by atoms with van der Waals surface area (Å²) in [6, 6.07) is 0. The SMILES string of the molecule is C=C/C=C(\N=CC)c1n/c(=C/C)c(=C)[nH]1. The van der Waals surface area contributed by atoms with Gasteiger partial charge in [-0.1, -0.05) is 25.3 Å². The lowest BCUT2D eigenvalue weighted by Gasteiger charge is -1.93. The van der Waals surface area contributed by atoms with E-state index in [1.807, 2.05) is 19.9 Å². The van der Waals surface area contributed by atoms with Gasteiger partial charge in [-0.05, 0) is 19.9 Å². The summed E-state index contributed by atoms with van der Waals surface area (Å²) in [6.45, 7) is 11.3. The zero-order valence-corrected chi connectivity index (χ0v) is 9.12. The van der Waals surface area contributed by atoms with E-state index >= 15 is 0 Å². The van der Waals surface area contributed by atoms with Gasteiger partial charge in [-0.25, -0.2) is 4.98 Å². The van der Waals surface area contributed by atoms with Crippen molar-refractivity contribution in [3.63, 3.8) is 0 Å². The van der Waals surface area contributed by atoms with Crippen molar-refractivity contribution in [3.05, 3.63) is 35.3 Å². The zero-order valence-electron chi connectivity index (χ0n) is 9.12. The minimum absolute atomic E-state index is 0.714. The Bertz CT molecular complexity index is 503. The van der Waals surface area contributed by atoms with Crippen molar-refractivity contribution < 1.29 is 0 Å². The van der Waals surface area contributed by atoms with Crippen molar-refractivity contribution in [1.29, 1.82) is 0 Å². The highest BCUT2D eigenvalue weighted by Gasteiger charge is 2.01. The molecule has 0 radical (unpaired) electrons. The molecule has 1 heterocycles. The molecule has 15 heavy (non-hydrogen) atoms. The maximum Gasteiger partial charge on any atom is 0.157 e. The Kier molecular flexibility index (Phi) is 3.80. The summed E-state index contributed by atoms with van der Waals surface area (Å²) in [5, 5.41) is 1.65. The van der Waals surface area contributed by atoms with E-state index in [1.54, 1.807) is 18.4 Å². The molecule has 78 valence electrons. The van der Waals surface area contributed by atoms with Gasteiger partial charge in [0.15, 0.2) is 5.82 Å². The van der Waals surface area contributed by atoms with Gasteiger partial charge in [-0.2, -0.15) is 0 Å². The van der Waals surface area contributed by atoms with Crippen molar-refractivity contribution in [2.24, 2.45) is 4.99 Å². The predicted molar refractivity (Wildman–Crippen MR) is 65.8 cm³/mol. The van der Waals surface area contributed by atoms with E-state index in [4.69, 9.17) is 0 Å². The van der Waals surface area contributed by atoms with Crippen LogP contribution in [0.15, 0.2) is 23.7 Å². The third-order valence-electron chi connectivity index (χ3n) is 1.87. The van der Waals surface area contributed by atoms with E-state index < -0.39 is 0 Å². The first-order chi connectivity index (χ1) is 7.22. The standard InChI is InChI=1S/C12H15N3/c1-5-8-11(13-7-3)12-14-9(4)10(6-2)15-12/h5-8H,1,4H2,2-3H3,(H,14,15)/b10-6+,11-8-,13-7?. The molecule has 0 atom stereocenters. The number of allylic oxidation sites excluding steroid dienone is 2. The van der Waals surface area contributed by atoms with Crippen LogP contribution in [0.2, 0.25) is 0 Å². The number of nitrogens with one attached hydrogen (secondary N) is 1. The molecular formula is C12H15N3. The molecule has 0 bridgehead atoms. The first kappa shape index (κ1) is 11.2. The molecule has 0 aliphatic carbocycles. The summed E-state index contributed by atoms with van der Waals surface area (Å²) < 4.78 is 0. The van der Waals surface area contributed by atoms with Crippen LogP contribution in [0.3, 0.4) is 0 Å². The highest BCUT2D eigenvalue weighted by molar-refractivity contribution is 5.70. The van der Waals surface area contributed by atoms with Crippen LogP contribution in [0, 0.1) is 0 Å². The topological polar surface area (TPSA) is 41.0 Å². The number of aromatic amines is 1. The summed E-state index contributed by atoms with van der Waals surface area (Å²) in [5.41, 5.74) is 0.755. The lowest BCUT2D eigenvalue weighted by molar-refractivity contribution is 1.20. The average Bonchev–Trinajstić information content (AvgIpc) is 2.59. The van der Waals surface area contributed by atoms with E-state index in [-0.39, 0.29) is 0 Å². The van der Waals surface area contributed by atoms with Gasteiger partial charge < -0.3 is 4.98 Å². The Morgan fingerprint density at radius 1 is 1.47 bits per heavy atom. The van der Waals surface area contributed by atoms with Crippen molar-refractivity contribution >= 4 is 24.6 Å².